The Hall–Kier alpha value is -1.18. The van der Waals surface area contributed by atoms with Crippen LogP contribution >= 0.6 is 0 Å². The number of hydrogen-bond acceptors (Lipinski definition) is 2. The number of rotatable bonds is 3. The van der Waals surface area contributed by atoms with Gasteiger partial charge in [0.25, 0.3) is 0 Å². The average molecular weight is 234 g/mol. The van der Waals surface area contributed by atoms with Crippen LogP contribution in [0.1, 0.15) is 0 Å². The lowest BCUT2D eigenvalue weighted by molar-refractivity contribution is 0.508. The monoisotopic (exact) mass is 234 g/mol. The maximum atomic E-state index is 12.5. The van der Waals surface area contributed by atoms with Gasteiger partial charge in [0.15, 0.2) is 28.2 Å². The van der Waals surface area contributed by atoms with Gasteiger partial charge >= 0.3 is 0 Å². The molecule has 8 heteroatoms. The highest BCUT2D eigenvalue weighted by atomic mass is 32.2. The largest absolute Gasteiger partial charge is 0.227 e. The molecule has 0 saturated heterocycles. The van der Waals surface area contributed by atoms with Gasteiger partial charge in [0.2, 0.25) is 0 Å². The van der Waals surface area contributed by atoms with Crippen molar-refractivity contribution in [1.82, 2.24) is 0 Å². The molecule has 0 heterocycles. The third-order valence-corrected chi connectivity index (χ3v) is 1.79. The van der Waals surface area contributed by atoms with Gasteiger partial charge in [-0.1, -0.05) is 0 Å². The average Bonchev–Trinajstić information content (AvgIpc) is 2.15. The predicted octanol–water partition coefficient (Wildman–Crippen LogP) is 2.34. The minimum Gasteiger partial charge on any atom is -0.227 e. The van der Waals surface area contributed by atoms with Crippen LogP contribution < -0.4 is 0 Å². The van der Waals surface area contributed by atoms with Crippen molar-refractivity contribution < 1.29 is 30.4 Å². The molecule has 0 amide bonds. The molecule has 0 spiro atoms. The lowest BCUT2D eigenvalue weighted by atomic mass is 10.4. The van der Waals surface area contributed by atoms with Gasteiger partial charge in [-0.15, -0.1) is 0 Å². The highest BCUT2D eigenvalue weighted by Crippen LogP contribution is 2.24. The van der Waals surface area contributed by atoms with Crippen molar-refractivity contribution in [1.29, 1.82) is 0 Å². The molecule has 0 aromatic carbocycles. The van der Waals surface area contributed by atoms with Gasteiger partial charge < -0.3 is 0 Å². The van der Waals surface area contributed by atoms with Crippen molar-refractivity contribution in [2.75, 3.05) is 0 Å². The second-order valence-corrected chi connectivity index (χ2v) is 2.80. The maximum Gasteiger partial charge on any atom is 0.188 e. The van der Waals surface area contributed by atoms with Gasteiger partial charge in [-0.25, -0.2) is 30.4 Å². The molecule has 0 N–H and O–H groups in total. The third-order valence-electron chi connectivity index (χ3n) is 1.02. The van der Waals surface area contributed by atoms with Crippen molar-refractivity contribution in [3.05, 3.63) is 35.0 Å². The fraction of sp³-hybridized carbons (Fsp3) is 0. The molecule has 0 atom stereocenters. The van der Waals surface area contributed by atoms with E-state index in [9.17, 15) is 30.4 Å². The standard InChI is InChI=1S/C6H3F5O2S/c7-1-3(9)5(11)6(14(12)13)4(10)2-8/h1-2,14H/b3-1-,4-2-,6-5-. The zero-order valence-corrected chi connectivity index (χ0v) is 7.20. The first-order valence-electron chi connectivity index (χ1n) is 2.92. The fourth-order valence-corrected chi connectivity index (χ4v) is 0.975. The molecule has 0 aromatic heterocycles. The normalized spacial score (nSPS) is 15.9. The molecule has 0 radical (unpaired) electrons. The second-order valence-electron chi connectivity index (χ2n) is 1.83. The molecule has 0 aliphatic heterocycles. The molecule has 0 rings (SSSR count). The first-order valence-corrected chi connectivity index (χ1v) is 4.10. The van der Waals surface area contributed by atoms with Crippen LogP contribution in [-0.4, -0.2) is 8.42 Å². The van der Waals surface area contributed by atoms with Gasteiger partial charge in [-0.2, -0.15) is 0 Å². The Morgan fingerprint density at radius 3 is 1.64 bits per heavy atom. The van der Waals surface area contributed by atoms with Gasteiger partial charge in [-0.05, 0) is 0 Å². The number of halogens is 5. The summed E-state index contributed by atoms with van der Waals surface area (Å²) in [4.78, 5) is -1.88. The van der Waals surface area contributed by atoms with E-state index >= 15 is 0 Å². The molecule has 2 nitrogen and oxygen atoms in total. The molecule has 0 fully saturated rings. The van der Waals surface area contributed by atoms with Gasteiger partial charge in [-0.3, -0.25) is 0 Å². The third kappa shape index (κ3) is 2.95. The summed E-state index contributed by atoms with van der Waals surface area (Å²) in [5, 5.41) is 0. The van der Waals surface area contributed by atoms with E-state index in [4.69, 9.17) is 0 Å². The molecule has 0 saturated carbocycles. The number of hydrogen-bond donors (Lipinski definition) is 1. The van der Waals surface area contributed by atoms with Crippen molar-refractivity contribution in [2.45, 2.75) is 0 Å². The van der Waals surface area contributed by atoms with E-state index in [0.29, 0.717) is 0 Å². The van der Waals surface area contributed by atoms with Crippen LogP contribution in [-0.2, 0) is 10.7 Å². The molecule has 80 valence electrons. The summed E-state index contributed by atoms with van der Waals surface area (Å²) in [6, 6.07) is 0. The lowest BCUT2D eigenvalue weighted by Crippen LogP contribution is -1.92. The van der Waals surface area contributed by atoms with Gasteiger partial charge in [0.05, 0.1) is 0 Å². The van der Waals surface area contributed by atoms with Crippen molar-refractivity contribution >= 4 is 10.7 Å². The van der Waals surface area contributed by atoms with Crippen molar-refractivity contribution in [2.24, 2.45) is 0 Å². The Morgan fingerprint density at radius 1 is 0.929 bits per heavy atom. The minimum atomic E-state index is -3.91. The highest BCUT2D eigenvalue weighted by molar-refractivity contribution is 7.77. The van der Waals surface area contributed by atoms with Crippen molar-refractivity contribution in [3.63, 3.8) is 0 Å². The maximum absolute atomic E-state index is 12.5. The van der Waals surface area contributed by atoms with Crippen LogP contribution in [0, 0.1) is 0 Å². The van der Waals surface area contributed by atoms with E-state index in [-0.39, 0.29) is 0 Å². The summed E-state index contributed by atoms with van der Waals surface area (Å²) in [5.74, 6) is -6.71. The first kappa shape index (κ1) is 12.8. The van der Waals surface area contributed by atoms with Crippen LogP contribution in [0.5, 0.6) is 0 Å². The van der Waals surface area contributed by atoms with Crippen LogP contribution in [0.25, 0.3) is 0 Å². The van der Waals surface area contributed by atoms with E-state index in [1.165, 1.54) is 0 Å². The zero-order valence-electron chi connectivity index (χ0n) is 6.31. The van der Waals surface area contributed by atoms with E-state index in [0.717, 1.165) is 0 Å². The van der Waals surface area contributed by atoms with Crippen LogP contribution in [0.2, 0.25) is 0 Å². The highest BCUT2D eigenvalue weighted by Gasteiger charge is 2.19. The Bertz CT molecular complexity index is 372. The zero-order chi connectivity index (χ0) is 11.3. The molecule has 14 heavy (non-hydrogen) atoms. The molecule has 0 unspecified atom stereocenters. The first-order chi connectivity index (χ1) is 6.45. The summed E-state index contributed by atoms with van der Waals surface area (Å²) < 4.78 is 80.0. The number of thiol groups is 1. The lowest BCUT2D eigenvalue weighted by Gasteiger charge is -1.96. The quantitative estimate of drug-likeness (QED) is 0.462. The van der Waals surface area contributed by atoms with Gasteiger partial charge in [0.1, 0.15) is 17.6 Å². The van der Waals surface area contributed by atoms with Crippen LogP contribution in [0.4, 0.5) is 22.0 Å². The molecular weight excluding hydrogens is 231 g/mol. The predicted molar refractivity (Wildman–Crippen MR) is 39.0 cm³/mol. The Kier molecular flexibility index (Phi) is 5.06. The van der Waals surface area contributed by atoms with E-state index in [1.54, 1.807) is 0 Å². The summed E-state index contributed by atoms with van der Waals surface area (Å²) >= 11 is 0. The molecule has 0 bridgehead atoms. The van der Waals surface area contributed by atoms with E-state index < -0.39 is 45.7 Å². The van der Waals surface area contributed by atoms with Crippen molar-refractivity contribution in [3.8, 4) is 0 Å². The number of allylic oxidation sites excluding steroid dienone is 3. The summed E-state index contributed by atoms with van der Waals surface area (Å²) in [6.45, 7) is 0. The Morgan fingerprint density at radius 2 is 1.36 bits per heavy atom. The summed E-state index contributed by atoms with van der Waals surface area (Å²) in [7, 11) is -3.91. The molecular formula is C6H3F5O2S. The Balaban J connectivity index is 5.63. The second kappa shape index (κ2) is 5.53. The molecule has 0 aromatic rings. The Labute approximate surface area is 77.0 Å². The summed E-state index contributed by atoms with van der Waals surface area (Å²) in [5.41, 5.74) is 0. The molecule has 0 aliphatic rings. The van der Waals surface area contributed by atoms with Crippen LogP contribution in [0.3, 0.4) is 0 Å². The van der Waals surface area contributed by atoms with Gasteiger partial charge in [0, 0.05) is 0 Å². The fourth-order valence-electron chi connectivity index (χ4n) is 0.485. The SMILES string of the molecule is O=[SH](=O)C(/C(F)=C/F)=C(F)/C(F)=C/F. The minimum absolute atomic E-state index is 0.883. The topological polar surface area (TPSA) is 34.1 Å². The van der Waals surface area contributed by atoms with Crippen LogP contribution in [0.15, 0.2) is 35.0 Å². The smallest absolute Gasteiger partial charge is 0.188 e. The van der Waals surface area contributed by atoms with E-state index in [1.807, 2.05) is 0 Å². The summed E-state index contributed by atoms with van der Waals surface area (Å²) in [6.07, 6.45) is -1.80. The van der Waals surface area contributed by atoms with E-state index in [2.05, 4.69) is 0 Å². The molecule has 0 aliphatic carbocycles.